The molecule has 9 heteroatoms. The van der Waals surface area contributed by atoms with E-state index in [1.807, 2.05) is 0 Å². The largest absolute Gasteiger partial charge is 0.352 e. The van der Waals surface area contributed by atoms with Gasteiger partial charge >= 0.3 is 0 Å². The Morgan fingerprint density at radius 2 is 1.49 bits per heavy atom. The van der Waals surface area contributed by atoms with Crippen LogP contribution >= 0.6 is 0 Å². The van der Waals surface area contributed by atoms with Crippen molar-refractivity contribution in [3.63, 3.8) is 0 Å². The van der Waals surface area contributed by atoms with Crippen molar-refractivity contribution < 1.29 is 22.4 Å². The second kappa shape index (κ2) is 12.0. The number of amides is 2. The zero-order valence-electron chi connectivity index (χ0n) is 21.4. The second-order valence-electron chi connectivity index (χ2n) is 9.06. The molecule has 1 N–H and O–H groups in total. The van der Waals surface area contributed by atoms with Crippen molar-refractivity contribution in [2.24, 2.45) is 0 Å². The lowest BCUT2D eigenvalue weighted by atomic mass is 10.1. The zero-order chi connectivity index (χ0) is 27.2. The molecule has 0 radical (unpaired) electrons. The summed E-state index contributed by atoms with van der Waals surface area (Å²) in [7, 11) is -4.14. The monoisotopic (exact) mass is 525 g/mol. The molecule has 0 aliphatic heterocycles. The van der Waals surface area contributed by atoms with E-state index in [1.165, 1.54) is 35.2 Å². The van der Waals surface area contributed by atoms with Gasteiger partial charge in [-0.3, -0.25) is 13.9 Å². The van der Waals surface area contributed by atoms with Crippen LogP contribution in [-0.2, 0) is 26.2 Å². The van der Waals surface area contributed by atoms with Crippen molar-refractivity contribution in [3.05, 3.63) is 95.8 Å². The highest BCUT2D eigenvalue weighted by Crippen LogP contribution is 2.27. The third-order valence-electron chi connectivity index (χ3n) is 5.89. The van der Waals surface area contributed by atoms with Gasteiger partial charge in [-0.05, 0) is 57.5 Å². The molecule has 0 saturated carbocycles. The molecule has 37 heavy (non-hydrogen) atoms. The topological polar surface area (TPSA) is 86.8 Å². The SMILES string of the molecule is Cc1ccccc1N(CC(=O)N(Cc1ccccc1F)[C@@H](C)C(=O)NC(C)C)S(=O)(=O)c1ccccc1. The van der Waals surface area contributed by atoms with Crippen LogP contribution in [0.4, 0.5) is 10.1 Å². The maximum Gasteiger partial charge on any atom is 0.264 e. The summed E-state index contributed by atoms with van der Waals surface area (Å²) in [6.45, 7) is 6.10. The maximum absolute atomic E-state index is 14.5. The Bertz CT molecular complexity index is 1350. The summed E-state index contributed by atoms with van der Waals surface area (Å²) in [6, 6.07) is 19.5. The van der Waals surface area contributed by atoms with Crippen molar-refractivity contribution in [2.75, 3.05) is 10.8 Å². The van der Waals surface area contributed by atoms with E-state index < -0.39 is 40.2 Å². The van der Waals surface area contributed by atoms with Crippen LogP contribution < -0.4 is 9.62 Å². The molecule has 0 fully saturated rings. The van der Waals surface area contributed by atoms with Gasteiger partial charge in [-0.1, -0.05) is 54.6 Å². The standard InChI is InChI=1S/C28H32FN3O4S/c1-20(2)30-28(34)22(4)31(18-23-13-9-10-16-25(23)29)27(33)19-32(26-17-11-8-12-21(26)3)37(35,36)24-14-6-5-7-15-24/h5-17,20,22H,18-19H2,1-4H3,(H,30,34)/t22-/m0/s1. The number of benzene rings is 3. The van der Waals surface area contributed by atoms with Gasteiger partial charge in [0.05, 0.1) is 10.6 Å². The number of rotatable bonds is 10. The summed E-state index contributed by atoms with van der Waals surface area (Å²) < 4.78 is 43.0. The second-order valence-corrected chi connectivity index (χ2v) is 10.9. The van der Waals surface area contributed by atoms with Crippen LogP contribution in [0.3, 0.4) is 0 Å². The van der Waals surface area contributed by atoms with E-state index in [9.17, 15) is 22.4 Å². The molecule has 7 nitrogen and oxygen atoms in total. The minimum atomic E-state index is -4.14. The lowest BCUT2D eigenvalue weighted by molar-refractivity contribution is -0.139. The Labute approximate surface area is 218 Å². The third-order valence-corrected chi connectivity index (χ3v) is 7.66. The molecule has 0 saturated heterocycles. The van der Waals surface area contributed by atoms with Gasteiger partial charge in [0.1, 0.15) is 18.4 Å². The average Bonchev–Trinajstić information content (AvgIpc) is 2.87. The number of anilines is 1. The van der Waals surface area contributed by atoms with Crippen LogP contribution in [-0.4, -0.2) is 43.8 Å². The molecular weight excluding hydrogens is 493 g/mol. The molecule has 0 aliphatic rings. The lowest BCUT2D eigenvalue weighted by Gasteiger charge is -2.32. The Morgan fingerprint density at radius 3 is 2.11 bits per heavy atom. The summed E-state index contributed by atoms with van der Waals surface area (Å²) in [5.41, 5.74) is 1.21. The smallest absolute Gasteiger partial charge is 0.264 e. The number of carbonyl (C=O) groups excluding carboxylic acids is 2. The van der Waals surface area contributed by atoms with Crippen LogP contribution in [0.2, 0.25) is 0 Å². The zero-order valence-corrected chi connectivity index (χ0v) is 22.2. The van der Waals surface area contributed by atoms with Crippen molar-refractivity contribution >= 4 is 27.5 Å². The Balaban J connectivity index is 2.04. The summed E-state index contributed by atoms with van der Waals surface area (Å²) in [5.74, 6) is -1.59. The first kappa shape index (κ1) is 27.9. The first-order valence-electron chi connectivity index (χ1n) is 12.0. The van der Waals surface area contributed by atoms with Crippen LogP contribution in [0.15, 0.2) is 83.8 Å². The fourth-order valence-electron chi connectivity index (χ4n) is 3.87. The van der Waals surface area contributed by atoms with Gasteiger partial charge in [0.2, 0.25) is 11.8 Å². The Morgan fingerprint density at radius 1 is 0.892 bits per heavy atom. The van der Waals surface area contributed by atoms with Crippen LogP contribution in [0.25, 0.3) is 0 Å². The van der Waals surface area contributed by atoms with E-state index in [0.29, 0.717) is 11.3 Å². The van der Waals surface area contributed by atoms with E-state index in [2.05, 4.69) is 5.32 Å². The van der Waals surface area contributed by atoms with Gasteiger partial charge < -0.3 is 10.2 Å². The molecule has 0 aliphatic carbocycles. The van der Waals surface area contributed by atoms with Gasteiger partial charge in [-0.15, -0.1) is 0 Å². The molecule has 0 spiro atoms. The molecule has 0 heterocycles. The molecular formula is C28H32FN3O4S. The van der Waals surface area contributed by atoms with E-state index in [-0.39, 0.29) is 23.0 Å². The molecule has 1 atom stereocenters. The minimum Gasteiger partial charge on any atom is -0.352 e. The Kier molecular flexibility index (Phi) is 9.04. The summed E-state index contributed by atoms with van der Waals surface area (Å²) in [4.78, 5) is 27.9. The number of hydrogen-bond acceptors (Lipinski definition) is 4. The van der Waals surface area contributed by atoms with Gasteiger partial charge in [-0.25, -0.2) is 12.8 Å². The highest BCUT2D eigenvalue weighted by Gasteiger charge is 2.33. The van der Waals surface area contributed by atoms with Crippen molar-refractivity contribution in [2.45, 2.75) is 51.2 Å². The van der Waals surface area contributed by atoms with Gasteiger partial charge in [0.25, 0.3) is 10.0 Å². The molecule has 3 aromatic rings. The normalized spacial score (nSPS) is 12.2. The number of aryl methyl sites for hydroxylation is 1. The number of carbonyl (C=O) groups is 2. The van der Waals surface area contributed by atoms with Gasteiger partial charge in [-0.2, -0.15) is 0 Å². The fraction of sp³-hybridized carbons (Fsp3) is 0.286. The van der Waals surface area contributed by atoms with Crippen molar-refractivity contribution in [3.8, 4) is 0 Å². The number of nitrogens with zero attached hydrogens (tertiary/aromatic N) is 2. The third kappa shape index (κ3) is 6.74. The maximum atomic E-state index is 14.5. The first-order valence-corrected chi connectivity index (χ1v) is 13.4. The van der Waals surface area contributed by atoms with Gasteiger partial charge in [0, 0.05) is 18.2 Å². The molecule has 3 aromatic carbocycles. The van der Waals surface area contributed by atoms with E-state index >= 15 is 0 Å². The molecule has 2 amide bonds. The Hall–Kier alpha value is -3.72. The van der Waals surface area contributed by atoms with Crippen LogP contribution in [0.5, 0.6) is 0 Å². The number of nitrogens with one attached hydrogen (secondary N) is 1. The fourth-order valence-corrected chi connectivity index (χ4v) is 5.37. The molecule has 0 unspecified atom stereocenters. The number of para-hydroxylation sites is 1. The molecule has 3 rings (SSSR count). The van der Waals surface area contributed by atoms with E-state index in [4.69, 9.17) is 0 Å². The summed E-state index contributed by atoms with van der Waals surface area (Å²) in [5, 5.41) is 2.77. The number of halogens is 1. The van der Waals surface area contributed by atoms with Crippen molar-refractivity contribution in [1.29, 1.82) is 0 Å². The predicted molar refractivity (Wildman–Crippen MR) is 142 cm³/mol. The number of hydrogen-bond donors (Lipinski definition) is 1. The summed E-state index contributed by atoms with van der Waals surface area (Å²) >= 11 is 0. The summed E-state index contributed by atoms with van der Waals surface area (Å²) in [6.07, 6.45) is 0. The molecule has 0 aromatic heterocycles. The predicted octanol–water partition coefficient (Wildman–Crippen LogP) is 4.27. The minimum absolute atomic E-state index is 0.0253. The van der Waals surface area contributed by atoms with Crippen molar-refractivity contribution in [1.82, 2.24) is 10.2 Å². The highest BCUT2D eigenvalue weighted by molar-refractivity contribution is 7.92. The molecule has 196 valence electrons. The van der Waals surface area contributed by atoms with E-state index in [1.54, 1.807) is 76.2 Å². The van der Waals surface area contributed by atoms with Gasteiger partial charge in [0.15, 0.2) is 0 Å². The van der Waals surface area contributed by atoms with Crippen LogP contribution in [0.1, 0.15) is 31.9 Å². The van der Waals surface area contributed by atoms with E-state index in [0.717, 1.165) is 4.31 Å². The first-order chi connectivity index (χ1) is 17.5. The molecule has 0 bridgehead atoms. The quantitative estimate of drug-likeness (QED) is 0.428. The highest BCUT2D eigenvalue weighted by atomic mass is 32.2. The average molecular weight is 526 g/mol. The lowest BCUT2D eigenvalue weighted by Crippen LogP contribution is -2.52. The number of sulfonamides is 1. The van der Waals surface area contributed by atoms with Crippen LogP contribution in [0, 0.1) is 12.7 Å².